The molecule has 0 radical (unpaired) electrons. The minimum atomic E-state index is -0.913. The molecule has 0 aliphatic heterocycles. The highest BCUT2D eigenvalue weighted by Gasteiger charge is 2.17. The first-order chi connectivity index (χ1) is 9.09. The first-order valence-electron chi connectivity index (χ1n) is 6.18. The lowest BCUT2D eigenvalue weighted by Gasteiger charge is -2.07. The molecular weight excluding hydrogens is 250 g/mol. The third-order valence-corrected chi connectivity index (χ3v) is 2.71. The van der Waals surface area contributed by atoms with E-state index in [-0.39, 0.29) is 11.3 Å². The summed E-state index contributed by atoms with van der Waals surface area (Å²) in [5.41, 5.74) is 0.809. The van der Waals surface area contributed by atoms with Crippen LogP contribution in [-0.2, 0) is 6.54 Å². The summed E-state index contributed by atoms with van der Waals surface area (Å²) in [6, 6.07) is 4.00. The summed E-state index contributed by atoms with van der Waals surface area (Å²) in [6.45, 7) is 5.52. The smallest absolute Gasteiger partial charge is 0.174 e. The maximum atomic E-state index is 13.7. The molecule has 0 unspecified atom stereocenters. The summed E-state index contributed by atoms with van der Waals surface area (Å²) in [7, 11) is 0. The van der Waals surface area contributed by atoms with Gasteiger partial charge in [-0.05, 0) is 24.6 Å². The Bertz CT molecular complexity index is 552. The Morgan fingerprint density at radius 1 is 1.32 bits per heavy atom. The molecule has 19 heavy (non-hydrogen) atoms. The maximum absolute atomic E-state index is 13.7. The van der Waals surface area contributed by atoms with Crippen molar-refractivity contribution in [1.29, 1.82) is 0 Å². The predicted molar refractivity (Wildman–Crippen MR) is 68.4 cm³/mol. The van der Waals surface area contributed by atoms with E-state index in [9.17, 15) is 8.78 Å². The van der Waals surface area contributed by atoms with Crippen LogP contribution in [0.5, 0.6) is 0 Å². The average Bonchev–Trinajstić information content (AvgIpc) is 2.80. The Kier molecular flexibility index (Phi) is 4.27. The number of hydrogen-bond acceptors (Lipinski definition) is 3. The van der Waals surface area contributed by atoms with E-state index in [1.54, 1.807) is 0 Å². The summed E-state index contributed by atoms with van der Waals surface area (Å²) < 4.78 is 32.0. The number of hydrogen-bond donors (Lipinski definition) is 1. The van der Waals surface area contributed by atoms with Crippen LogP contribution >= 0.6 is 0 Å². The van der Waals surface area contributed by atoms with Crippen molar-refractivity contribution in [3.8, 4) is 11.3 Å². The van der Waals surface area contributed by atoms with Crippen LogP contribution < -0.4 is 5.32 Å². The number of halogens is 2. The Balaban J connectivity index is 2.21. The zero-order valence-electron chi connectivity index (χ0n) is 10.9. The van der Waals surface area contributed by atoms with E-state index < -0.39 is 11.6 Å². The van der Waals surface area contributed by atoms with Crippen molar-refractivity contribution in [2.24, 2.45) is 5.92 Å². The Morgan fingerprint density at radius 2 is 2.11 bits per heavy atom. The van der Waals surface area contributed by atoms with E-state index >= 15 is 0 Å². The van der Waals surface area contributed by atoms with Crippen LogP contribution in [0.1, 0.15) is 19.4 Å². The molecule has 3 nitrogen and oxygen atoms in total. The number of nitrogens with one attached hydrogen (secondary N) is 1. The highest BCUT2D eigenvalue weighted by molar-refractivity contribution is 5.61. The molecule has 1 aromatic heterocycles. The molecule has 2 aromatic rings. The van der Waals surface area contributed by atoms with Crippen molar-refractivity contribution in [1.82, 2.24) is 10.5 Å². The van der Waals surface area contributed by atoms with E-state index in [0.717, 1.165) is 12.6 Å². The molecule has 1 N–H and O–H groups in total. The van der Waals surface area contributed by atoms with Crippen LogP contribution in [0.4, 0.5) is 8.78 Å². The van der Waals surface area contributed by atoms with Gasteiger partial charge in [0.05, 0.1) is 11.8 Å². The number of rotatable bonds is 5. The van der Waals surface area contributed by atoms with Gasteiger partial charge < -0.3 is 9.84 Å². The van der Waals surface area contributed by atoms with Gasteiger partial charge in [-0.15, -0.1) is 0 Å². The van der Waals surface area contributed by atoms with E-state index in [1.165, 1.54) is 18.3 Å². The fraction of sp³-hybridized carbons (Fsp3) is 0.357. The standard InChI is InChI=1S/C14H16F2N2O/c1-9(2)6-17-7-10-8-18-19-14(10)11-4-3-5-12(15)13(11)16/h3-5,8-9,17H,6-7H2,1-2H3. The van der Waals surface area contributed by atoms with Crippen molar-refractivity contribution in [3.05, 3.63) is 41.6 Å². The molecule has 1 heterocycles. The van der Waals surface area contributed by atoms with Crippen molar-refractivity contribution >= 4 is 0 Å². The first-order valence-corrected chi connectivity index (χ1v) is 6.18. The van der Waals surface area contributed by atoms with Crippen molar-refractivity contribution in [2.45, 2.75) is 20.4 Å². The van der Waals surface area contributed by atoms with Gasteiger partial charge in [0.15, 0.2) is 17.4 Å². The molecule has 5 heteroatoms. The lowest BCUT2D eigenvalue weighted by molar-refractivity contribution is 0.426. The van der Waals surface area contributed by atoms with Gasteiger partial charge in [0, 0.05) is 12.1 Å². The third kappa shape index (κ3) is 3.17. The molecule has 1 aromatic carbocycles. The normalized spacial score (nSPS) is 11.2. The average molecular weight is 266 g/mol. The fourth-order valence-electron chi connectivity index (χ4n) is 1.78. The van der Waals surface area contributed by atoms with Gasteiger partial charge in [-0.3, -0.25) is 0 Å². The Labute approximate surface area is 110 Å². The van der Waals surface area contributed by atoms with Crippen molar-refractivity contribution in [2.75, 3.05) is 6.54 Å². The maximum Gasteiger partial charge on any atom is 0.174 e. The highest BCUT2D eigenvalue weighted by Crippen LogP contribution is 2.27. The van der Waals surface area contributed by atoms with Crippen LogP contribution in [0.3, 0.4) is 0 Å². The summed E-state index contributed by atoms with van der Waals surface area (Å²) >= 11 is 0. The lowest BCUT2D eigenvalue weighted by Crippen LogP contribution is -2.19. The summed E-state index contributed by atoms with van der Waals surface area (Å²) in [6.07, 6.45) is 1.52. The number of nitrogens with zero attached hydrogens (tertiary/aromatic N) is 1. The molecule has 102 valence electrons. The van der Waals surface area contributed by atoms with Gasteiger partial charge in [0.25, 0.3) is 0 Å². The molecule has 0 aliphatic carbocycles. The van der Waals surface area contributed by atoms with Crippen molar-refractivity contribution < 1.29 is 13.3 Å². The van der Waals surface area contributed by atoms with Crippen LogP contribution in [0, 0.1) is 17.6 Å². The molecule has 0 saturated heterocycles. The number of benzene rings is 1. The minimum absolute atomic E-state index is 0.0962. The summed E-state index contributed by atoms with van der Waals surface area (Å²) in [5.74, 6) is -1.03. The van der Waals surface area contributed by atoms with E-state index in [0.29, 0.717) is 18.0 Å². The molecule has 0 atom stereocenters. The quantitative estimate of drug-likeness (QED) is 0.901. The second-order valence-corrected chi connectivity index (χ2v) is 4.81. The second kappa shape index (κ2) is 5.93. The van der Waals surface area contributed by atoms with Crippen LogP contribution in [0.15, 0.2) is 28.9 Å². The molecule has 2 rings (SSSR count). The molecule has 0 fully saturated rings. The summed E-state index contributed by atoms with van der Waals surface area (Å²) in [4.78, 5) is 0. The minimum Gasteiger partial charge on any atom is -0.356 e. The van der Waals surface area contributed by atoms with Crippen LogP contribution in [-0.4, -0.2) is 11.7 Å². The third-order valence-electron chi connectivity index (χ3n) is 2.71. The van der Waals surface area contributed by atoms with Crippen molar-refractivity contribution in [3.63, 3.8) is 0 Å². The van der Waals surface area contributed by atoms with E-state index in [1.807, 2.05) is 0 Å². The van der Waals surface area contributed by atoms with Gasteiger partial charge in [-0.2, -0.15) is 0 Å². The molecule has 0 saturated carbocycles. The topological polar surface area (TPSA) is 38.1 Å². The molecule has 0 amide bonds. The van der Waals surface area contributed by atoms with Crippen LogP contribution in [0.2, 0.25) is 0 Å². The monoisotopic (exact) mass is 266 g/mol. The van der Waals surface area contributed by atoms with Crippen LogP contribution in [0.25, 0.3) is 11.3 Å². The zero-order chi connectivity index (χ0) is 13.8. The second-order valence-electron chi connectivity index (χ2n) is 4.81. The first kappa shape index (κ1) is 13.7. The summed E-state index contributed by atoms with van der Waals surface area (Å²) in [5, 5.41) is 6.88. The number of aromatic nitrogens is 1. The van der Waals surface area contributed by atoms with Gasteiger partial charge in [-0.1, -0.05) is 25.1 Å². The highest BCUT2D eigenvalue weighted by atomic mass is 19.2. The molecule has 0 aliphatic rings. The van der Waals surface area contributed by atoms with Gasteiger partial charge >= 0.3 is 0 Å². The predicted octanol–water partition coefficient (Wildman–Crippen LogP) is 3.37. The van der Waals surface area contributed by atoms with E-state index in [2.05, 4.69) is 24.3 Å². The molecule has 0 bridgehead atoms. The SMILES string of the molecule is CC(C)CNCc1cnoc1-c1cccc(F)c1F. The Hall–Kier alpha value is -1.75. The lowest BCUT2D eigenvalue weighted by atomic mass is 10.1. The Morgan fingerprint density at radius 3 is 2.84 bits per heavy atom. The largest absolute Gasteiger partial charge is 0.356 e. The molecular formula is C14H16F2N2O. The fourth-order valence-corrected chi connectivity index (χ4v) is 1.78. The zero-order valence-corrected chi connectivity index (χ0v) is 10.9. The van der Waals surface area contributed by atoms with Gasteiger partial charge in [0.1, 0.15) is 0 Å². The van der Waals surface area contributed by atoms with E-state index in [4.69, 9.17) is 4.52 Å². The van der Waals surface area contributed by atoms with Gasteiger partial charge in [-0.25, -0.2) is 8.78 Å². The molecule has 0 spiro atoms. The van der Waals surface area contributed by atoms with Gasteiger partial charge in [0.2, 0.25) is 0 Å².